The second-order valence-electron chi connectivity index (χ2n) is 6.01. The van der Waals surface area contributed by atoms with Crippen LogP contribution in [0.5, 0.6) is 0 Å². The Labute approximate surface area is 129 Å². The summed E-state index contributed by atoms with van der Waals surface area (Å²) in [7, 11) is 0. The third kappa shape index (κ3) is 2.76. The number of nitrogens with zero attached hydrogens (tertiary/aromatic N) is 3. The first-order valence-electron chi connectivity index (χ1n) is 7.69. The Morgan fingerprint density at radius 3 is 2.95 bits per heavy atom. The number of nitrogens with one attached hydrogen (secondary N) is 3. The van der Waals surface area contributed by atoms with Crippen molar-refractivity contribution in [2.45, 2.75) is 45.3 Å². The maximum atomic E-state index is 12.0. The molecule has 3 rings (SSSR count). The number of rotatable bonds is 4. The van der Waals surface area contributed by atoms with Gasteiger partial charge in [-0.25, -0.2) is 4.68 Å². The Bertz CT molecular complexity index is 659. The van der Waals surface area contributed by atoms with Crippen LogP contribution in [0.2, 0.25) is 0 Å². The van der Waals surface area contributed by atoms with E-state index < -0.39 is 0 Å². The fourth-order valence-corrected chi connectivity index (χ4v) is 2.74. The van der Waals surface area contributed by atoms with Gasteiger partial charge in [-0.15, -0.1) is 5.10 Å². The molecule has 0 fully saturated rings. The average molecular weight is 302 g/mol. The predicted octanol–water partition coefficient (Wildman–Crippen LogP) is 1.71. The molecule has 0 spiro atoms. The highest BCUT2D eigenvalue weighted by Crippen LogP contribution is 2.25. The van der Waals surface area contributed by atoms with Crippen molar-refractivity contribution in [1.82, 2.24) is 30.6 Å². The number of hydrogen-bond donors (Lipinski definition) is 3. The summed E-state index contributed by atoms with van der Waals surface area (Å²) in [5.41, 5.74) is 2.57. The lowest BCUT2D eigenvalue weighted by Crippen LogP contribution is -2.26. The summed E-state index contributed by atoms with van der Waals surface area (Å²) >= 11 is 0. The number of aromatic amines is 1. The van der Waals surface area contributed by atoms with Crippen LogP contribution in [0.15, 0.2) is 18.5 Å². The zero-order valence-electron chi connectivity index (χ0n) is 13.1. The molecule has 0 bridgehead atoms. The molecule has 7 heteroatoms. The van der Waals surface area contributed by atoms with Crippen molar-refractivity contribution in [3.8, 4) is 0 Å². The van der Waals surface area contributed by atoms with Crippen LogP contribution in [-0.4, -0.2) is 32.4 Å². The molecule has 2 aromatic rings. The Balaban J connectivity index is 1.77. The van der Waals surface area contributed by atoms with Crippen LogP contribution in [0, 0.1) is 0 Å². The van der Waals surface area contributed by atoms with Crippen molar-refractivity contribution >= 4 is 5.91 Å². The van der Waals surface area contributed by atoms with Gasteiger partial charge in [-0.1, -0.05) is 5.21 Å². The Kier molecular flexibility index (Phi) is 3.98. The molecule has 7 nitrogen and oxygen atoms in total. The summed E-state index contributed by atoms with van der Waals surface area (Å²) in [5, 5.41) is 14.9. The highest BCUT2D eigenvalue weighted by molar-refractivity contribution is 5.94. The van der Waals surface area contributed by atoms with E-state index in [0.29, 0.717) is 18.3 Å². The summed E-state index contributed by atoms with van der Waals surface area (Å²) in [6, 6.07) is 2.44. The third-order valence-corrected chi connectivity index (χ3v) is 4.05. The van der Waals surface area contributed by atoms with Crippen LogP contribution in [0.1, 0.15) is 67.1 Å². The van der Waals surface area contributed by atoms with E-state index in [4.69, 9.17) is 0 Å². The molecule has 2 aromatic heterocycles. The zero-order chi connectivity index (χ0) is 15.7. The van der Waals surface area contributed by atoms with Crippen molar-refractivity contribution in [3.05, 3.63) is 35.4 Å². The number of hydrogen-bond acceptors (Lipinski definition) is 4. The lowest BCUT2D eigenvalue weighted by molar-refractivity contribution is 0.0951. The van der Waals surface area contributed by atoms with Crippen LogP contribution >= 0.6 is 0 Å². The molecule has 1 amide bonds. The Morgan fingerprint density at radius 2 is 2.23 bits per heavy atom. The molecule has 0 saturated heterocycles. The van der Waals surface area contributed by atoms with E-state index in [0.717, 1.165) is 17.7 Å². The quantitative estimate of drug-likeness (QED) is 0.802. The maximum Gasteiger partial charge on any atom is 0.268 e. The summed E-state index contributed by atoms with van der Waals surface area (Å²) in [6.07, 6.45) is 4.63. The zero-order valence-corrected chi connectivity index (χ0v) is 13.1. The molecule has 0 aliphatic carbocycles. The first kappa shape index (κ1) is 14.8. The summed E-state index contributed by atoms with van der Waals surface area (Å²) in [5.74, 6) is -0.0392. The monoisotopic (exact) mass is 302 g/mol. The van der Waals surface area contributed by atoms with Gasteiger partial charge in [0.15, 0.2) is 0 Å². The lowest BCUT2D eigenvalue weighted by Gasteiger charge is -2.20. The van der Waals surface area contributed by atoms with Crippen molar-refractivity contribution in [2.24, 2.45) is 0 Å². The minimum Gasteiger partial charge on any atom is -0.357 e. The Hall–Kier alpha value is -2.15. The summed E-state index contributed by atoms with van der Waals surface area (Å²) in [4.78, 5) is 15.0. The minimum atomic E-state index is -0.0392. The number of carbonyl (C=O) groups is 1. The molecule has 1 aliphatic rings. The molecule has 0 radical (unpaired) electrons. The summed E-state index contributed by atoms with van der Waals surface area (Å²) in [6.45, 7) is 6.88. The van der Waals surface area contributed by atoms with Crippen LogP contribution in [-0.2, 0) is 0 Å². The molecule has 118 valence electrons. The van der Waals surface area contributed by atoms with Crippen molar-refractivity contribution in [2.75, 3.05) is 6.54 Å². The van der Waals surface area contributed by atoms with E-state index in [-0.39, 0.29) is 18.0 Å². The van der Waals surface area contributed by atoms with E-state index in [1.807, 2.05) is 23.1 Å². The predicted molar refractivity (Wildman–Crippen MR) is 82.4 cm³/mol. The normalized spacial score (nSPS) is 19.6. The second-order valence-corrected chi connectivity index (χ2v) is 6.01. The van der Waals surface area contributed by atoms with Crippen LogP contribution in [0.3, 0.4) is 0 Å². The molecular weight excluding hydrogens is 280 g/mol. The Morgan fingerprint density at radius 1 is 1.41 bits per heavy atom. The average Bonchev–Trinajstić information content (AvgIpc) is 3.13. The highest BCUT2D eigenvalue weighted by Gasteiger charge is 2.26. The van der Waals surface area contributed by atoms with Crippen molar-refractivity contribution in [1.29, 1.82) is 0 Å². The van der Waals surface area contributed by atoms with Gasteiger partial charge in [-0.2, -0.15) is 0 Å². The van der Waals surface area contributed by atoms with Crippen LogP contribution < -0.4 is 10.6 Å². The van der Waals surface area contributed by atoms with Crippen molar-refractivity contribution in [3.63, 3.8) is 0 Å². The number of amides is 1. The van der Waals surface area contributed by atoms with Gasteiger partial charge >= 0.3 is 0 Å². The molecule has 22 heavy (non-hydrogen) atoms. The molecule has 3 N–H and O–H groups in total. The van der Waals surface area contributed by atoms with Gasteiger partial charge in [0.05, 0.1) is 17.9 Å². The van der Waals surface area contributed by atoms with E-state index >= 15 is 0 Å². The highest BCUT2D eigenvalue weighted by atomic mass is 16.1. The second kappa shape index (κ2) is 5.92. The maximum absolute atomic E-state index is 12.0. The minimum absolute atomic E-state index is 0.0392. The van der Waals surface area contributed by atoms with Crippen molar-refractivity contribution < 1.29 is 4.79 Å². The topological polar surface area (TPSA) is 87.6 Å². The number of carbonyl (C=O) groups excluding carboxylic acids is 1. The van der Waals surface area contributed by atoms with E-state index in [1.54, 1.807) is 0 Å². The largest absolute Gasteiger partial charge is 0.357 e. The van der Waals surface area contributed by atoms with Crippen LogP contribution in [0.25, 0.3) is 0 Å². The molecule has 2 unspecified atom stereocenters. The van der Waals surface area contributed by atoms with E-state index in [9.17, 15) is 4.79 Å². The van der Waals surface area contributed by atoms with Gasteiger partial charge in [0.2, 0.25) is 0 Å². The summed E-state index contributed by atoms with van der Waals surface area (Å²) < 4.78 is 1.85. The lowest BCUT2D eigenvalue weighted by atomic mass is 10.0. The number of aromatic nitrogens is 4. The standard InChI is InChI=1S/C15H22N6O/c1-9(2)21-8-13(19-20-21)10(3)18-12-5-7-17-15(22)14-11(12)4-6-16-14/h4,6,8-10,12,16,18H,5,7H2,1-3H3,(H,17,22). The SMILES string of the molecule is CC(NC1CCNC(=O)c2[nH]ccc21)c1cn(C(C)C)nn1. The molecule has 3 heterocycles. The smallest absolute Gasteiger partial charge is 0.268 e. The number of fused-ring (bicyclic) bond motifs is 1. The number of H-pyrrole nitrogens is 1. The third-order valence-electron chi connectivity index (χ3n) is 4.05. The van der Waals surface area contributed by atoms with E-state index in [1.165, 1.54) is 0 Å². The van der Waals surface area contributed by atoms with Gasteiger partial charge in [0.25, 0.3) is 5.91 Å². The first-order valence-corrected chi connectivity index (χ1v) is 7.69. The fraction of sp³-hybridized carbons (Fsp3) is 0.533. The molecular formula is C15H22N6O. The fourth-order valence-electron chi connectivity index (χ4n) is 2.74. The van der Waals surface area contributed by atoms with Gasteiger partial charge in [0, 0.05) is 24.8 Å². The molecule has 0 saturated carbocycles. The molecule has 2 atom stereocenters. The van der Waals surface area contributed by atoms with Gasteiger partial charge < -0.3 is 15.6 Å². The van der Waals surface area contributed by atoms with Gasteiger partial charge in [-0.3, -0.25) is 4.79 Å². The van der Waals surface area contributed by atoms with Gasteiger partial charge in [0.1, 0.15) is 5.69 Å². The first-order chi connectivity index (χ1) is 10.6. The van der Waals surface area contributed by atoms with E-state index in [2.05, 4.69) is 46.7 Å². The molecule has 1 aliphatic heterocycles. The molecule has 0 aromatic carbocycles. The van der Waals surface area contributed by atoms with Gasteiger partial charge in [-0.05, 0) is 38.8 Å². The van der Waals surface area contributed by atoms with Crippen LogP contribution in [0.4, 0.5) is 0 Å².